The van der Waals surface area contributed by atoms with Gasteiger partial charge in [0.1, 0.15) is 0 Å². The first-order valence-corrected chi connectivity index (χ1v) is 7.58. The second-order valence-corrected chi connectivity index (χ2v) is 5.51. The molecule has 1 N–H and O–H groups in total. The summed E-state index contributed by atoms with van der Waals surface area (Å²) >= 11 is 0. The van der Waals surface area contributed by atoms with E-state index in [1.807, 2.05) is 32.0 Å². The molecule has 1 aromatic carbocycles. The van der Waals surface area contributed by atoms with Crippen LogP contribution >= 0.6 is 0 Å². The van der Waals surface area contributed by atoms with Gasteiger partial charge in [0.15, 0.2) is 0 Å². The summed E-state index contributed by atoms with van der Waals surface area (Å²) in [6.45, 7) is 7.38. The van der Waals surface area contributed by atoms with E-state index < -0.39 is 0 Å². The van der Waals surface area contributed by atoms with Crippen molar-refractivity contribution in [1.82, 2.24) is 9.88 Å². The van der Waals surface area contributed by atoms with Crippen LogP contribution in [0.2, 0.25) is 0 Å². The first-order chi connectivity index (χ1) is 10.6. The van der Waals surface area contributed by atoms with E-state index in [1.165, 1.54) is 5.56 Å². The van der Waals surface area contributed by atoms with Crippen LogP contribution in [0, 0.1) is 20.8 Å². The highest BCUT2D eigenvalue weighted by atomic mass is 16.5. The number of aryl methyl sites for hydroxylation is 2. The Morgan fingerprint density at radius 1 is 1.23 bits per heavy atom. The van der Waals surface area contributed by atoms with Gasteiger partial charge in [-0.1, -0.05) is 18.2 Å². The summed E-state index contributed by atoms with van der Waals surface area (Å²) in [5.41, 5.74) is 5.08. The molecular formula is C18H24N2O2. The Labute approximate surface area is 132 Å². The molecule has 4 heteroatoms. The minimum atomic E-state index is -0.0240. The zero-order valence-electron chi connectivity index (χ0n) is 13.8. The zero-order valence-corrected chi connectivity index (χ0v) is 13.8. The van der Waals surface area contributed by atoms with Crippen molar-refractivity contribution in [3.63, 3.8) is 0 Å². The second-order valence-electron chi connectivity index (χ2n) is 5.51. The molecule has 2 aromatic rings. The molecule has 1 heterocycles. The van der Waals surface area contributed by atoms with Crippen LogP contribution in [0.1, 0.15) is 33.7 Å². The summed E-state index contributed by atoms with van der Waals surface area (Å²) in [6, 6.07) is 10.2. The van der Waals surface area contributed by atoms with Gasteiger partial charge in [0.25, 0.3) is 5.91 Å². The van der Waals surface area contributed by atoms with Crippen molar-refractivity contribution in [1.29, 1.82) is 0 Å². The molecule has 2 rings (SSSR count). The number of hydrogen-bond donors (Lipinski definition) is 1. The number of aromatic nitrogens is 1. The Hall–Kier alpha value is -2.07. The molecule has 0 saturated heterocycles. The van der Waals surface area contributed by atoms with Crippen molar-refractivity contribution < 1.29 is 9.53 Å². The molecule has 4 nitrogen and oxygen atoms in total. The number of nitrogens with one attached hydrogen (secondary N) is 1. The topological polar surface area (TPSA) is 43.3 Å². The molecule has 0 unspecified atom stereocenters. The van der Waals surface area contributed by atoms with Crippen LogP contribution in [0.5, 0.6) is 0 Å². The number of amides is 1. The van der Waals surface area contributed by atoms with Gasteiger partial charge in [0.2, 0.25) is 0 Å². The lowest BCUT2D eigenvalue weighted by Gasteiger charge is -2.12. The molecule has 0 aliphatic carbocycles. The van der Waals surface area contributed by atoms with Gasteiger partial charge in [-0.3, -0.25) is 4.79 Å². The summed E-state index contributed by atoms with van der Waals surface area (Å²) in [5, 5.41) is 2.95. The second kappa shape index (κ2) is 7.27. The van der Waals surface area contributed by atoms with Crippen molar-refractivity contribution in [3.05, 3.63) is 52.8 Å². The van der Waals surface area contributed by atoms with Gasteiger partial charge in [-0.15, -0.1) is 0 Å². The van der Waals surface area contributed by atoms with Gasteiger partial charge in [0, 0.05) is 37.3 Å². The lowest BCUT2D eigenvalue weighted by atomic mass is 10.2. The number of methoxy groups -OCH3 is 1. The zero-order chi connectivity index (χ0) is 16.1. The van der Waals surface area contributed by atoms with Gasteiger partial charge in [-0.2, -0.15) is 0 Å². The van der Waals surface area contributed by atoms with Crippen LogP contribution in [0.4, 0.5) is 0 Å². The predicted molar refractivity (Wildman–Crippen MR) is 88.8 cm³/mol. The van der Waals surface area contributed by atoms with Gasteiger partial charge in [-0.25, -0.2) is 0 Å². The van der Waals surface area contributed by atoms with Crippen molar-refractivity contribution in [2.75, 3.05) is 20.3 Å². The predicted octanol–water partition coefficient (Wildman–Crippen LogP) is 3.17. The molecular weight excluding hydrogens is 276 g/mol. The fourth-order valence-electron chi connectivity index (χ4n) is 2.69. The summed E-state index contributed by atoms with van der Waals surface area (Å²) in [5.74, 6) is -0.0240. The summed E-state index contributed by atoms with van der Waals surface area (Å²) in [6.07, 6.45) is 0.818. The van der Waals surface area contributed by atoms with Crippen LogP contribution in [-0.2, 0) is 4.74 Å². The Morgan fingerprint density at radius 3 is 2.64 bits per heavy atom. The SMILES string of the molecule is COCCCNC(=O)c1cc(C)n(-c2ccccc2C)c1C. The van der Waals surface area contributed by atoms with Crippen molar-refractivity contribution in [3.8, 4) is 5.69 Å². The third-order valence-corrected chi connectivity index (χ3v) is 3.84. The molecule has 0 atom stereocenters. The number of carbonyl (C=O) groups excluding carboxylic acids is 1. The fraction of sp³-hybridized carbons (Fsp3) is 0.389. The third-order valence-electron chi connectivity index (χ3n) is 3.84. The quantitative estimate of drug-likeness (QED) is 0.833. The number of ether oxygens (including phenoxy) is 1. The van der Waals surface area contributed by atoms with E-state index in [1.54, 1.807) is 7.11 Å². The lowest BCUT2D eigenvalue weighted by molar-refractivity contribution is 0.0948. The summed E-state index contributed by atoms with van der Waals surface area (Å²) in [4.78, 5) is 12.3. The maximum absolute atomic E-state index is 12.3. The minimum Gasteiger partial charge on any atom is -0.385 e. The molecule has 0 saturated carbocycles. The standard InChI is InChI=1S/C18H24N2O2/c1-13-8-5-6-9-17(13)20-14(2)12-16(15(20)3)18(21)19-10-7-11-22-4/h5-6,8-9,12H,7,10-11H2,1-4H3,(H,19,21). The van der Waals surface area contributed by atoms with Crippen LogP contribution in [-0.4, -0.2) is 30.7 Å². The summed E-state index contributed by atoms with van der Waals surface area (Å²) < 4.78 is 7.13. The maximum atomic E-state index is 12.3. The number of hydrogen-bond acceptors (Lipinski definition) is 2. The first-order valence-electron chi connectivity index (χ1n) is 7.58. The summed E-state index contributed by atoms with van der Waals surface area (Å²) in [7, 11) is 1.66. The first kappa shape index (κ1) is 16.3. The smallest absolute Gasteiger partial charge is 0.253 e. The Morgan fingerprint density at radius 2 is 1.95 bits per heavy atom. The number of carbonyl (C=O) groups is 1. The highest BCUT2D eigenvalue weighted by Crippen LogP contribution is 2.23. The monoisotopic (exact) mass is 300 g/mol. The van der Waals surface area contributed by atoms with Crippen molar-refractivity contribution >= 4 is 5.91 Å². The van der Waals surface area contributed by atoms with E-state index in [9.17, 15) is 4.79 Å². The molecule has 22 heavy (non-hydrogen) atoms. The number of rotatable bonds is 6. The lowest BCUT2D eigenvalue weighted by Crippen LogP contribution is -2.25. The van der Waals surface area contributed by atoms with Gasteiger partial charge >= 0.3 is 0 Å². The van der Waals surface area contributed by atoms with E-state index in [4.69, 9.17) is 4.74 Å². The average Bonchev–Trinajstić information content (AvgIpc) is 2.79. The van der Waals surface area contributed by atoms with E-state index >= 15 is 0 Å². The van der Waals surface area contributed by atoms with Crippen molar-refractivity contribution in [2.45, 2.75) is 27.2 Å². The van der Waals surface area contributed by atoms with E-state index in [0.29, 0.717) is 13.2 Å². The minimum absolute atomic E-state index is 0.0240. The van der Waals surface area contributed by atoms with E-state index in [0.717, 1.165) is 29.1 Å². The normalized spacial score (nSPS) is 10.7. The molecule has 0 spiro atoms. The van der Waals surface area contributed by atoms with Crippen LogP contribution in [0.25, 0.3) is 5.69 Å². The fourth-order valence-corrected chi connectivity index (χ4v) is 2.69. The molecule has 0 bridgehead atoms. The van der Waals surface area contributed by atoms with Crippen LogP contribution < -0.4 is 5.32 Å². The largest absolute Gasteiger partial charge is 0.385 e. The van der Waals surface area contributed by atoms with E-state index in [2.05, 4.69) is 28.9 Å². The average molecular weight is 300 g/mol. The highest BCUT2D eigenvalue weighted by Gasteiger charge is 2.16. The van der Waals surface area contributed by atoms with Gasteiger partial charge in [0.05, 0.1) is 5.56 Å². The van der Waals surface area contributed by atoms with Gasteiger partial charge in [-0.05, 0) is 44.9 Å². The Bertz CT molecular complexity index is 659. The molecule has 118 valence electrons. The highest BCUT2D eigenvalue weighted by molar-refractivity contribution is 5.95. The molecule has 0 aliphatic rings. The van der Waals surface area contributed by atoms with Crippen LogP contribution in [0.3, 0.4) is 0 Å². The van der Waals surface area contributed by atoms with Crippen molar-refractivity contribution in [2.24, 2.45) is 0 Å². The van der Waals surface area contributed by atoms with Gasteiger partial charge < -0.3 is 14.6 Å². The third kappa shape index (κ3) is 3.39. The maximum Gasteiger partial charge on any atom is 0.253 e. The Balaban J connectivity index is 2.24. The molecule has 1 amide bonds. The van der Waals surface area contributed by atoms with Crippen LogP contribution in [0.15, 0.2) is 30.3 Å². The molecule has 0 aliphatic heterocycles. The number of para-hydroxylation sites is 1. The number of nitrogens with zero attached hydrogens (tertiary/aromatic N) is 1. The van der Waals surface area contributed by atoms with E-state index in [-0.39, 0.29) is 5.91 Å². The molecule has 0 fully saturated rings. The Kier molecular flexibility index (Phi) is 5.39. The number of benzene rings is 1. The molecule has 1 aromatic heterocycles. The molecule has 0 radical (unpaired) electrons.